The van der Waals surface area contributed by atoms with Crippen LogP contribution in [0.4, 0.5) is 0 Å². The second-order valence-electron chi connectivity index (χ2n) is 6.48. The van der Waals surface area contributed by atoms with Crippen molar-refractivity contribution in [1.29, 1.82) is 0 Å². The summed E-state index contributed by atoms with van der Waals surface area (Å²) in [7, 11) is 0.314. The molecular weight excluding hydrogens is 424 g/mol. The average Bonchev–Trinajstić information content (AvgIpc) is 2.78. The first-order valence-corrected chi connectivity index (χ1v) is 10.9. The molecule has 2 aromatic carbocycles. The van der Waals surface area contributed by atoms with Crippen LogP contribution in [0.3, 0.4) is 0 Å². The molecule has 0 saturated carbocycles. The van der Waals surface area contributed by atoms with Gasteiger partial charge in [-0.3, -0.25) is 4.79 Å². The summed E-state index contributed by atoms with van der Waals surface area (Å²) >= 11 is 0. The van der Waals surface area contributed by atoms with Gasteiger partial charge in [0.25, 0.3) is 5.91 Å². The molecule has 1 N–H and O–H groups in total. The number of ether oxygens (including phenoxy) is 3. The monoisotopic (exact) mass is 450 g/mol. The Labute approximate surface area is 182 Å². The molecule has 0 spiro atoms. The van der Waals surface area contributed by atoms with Crippen molar-refractivity contribution >= 4 is 21.9 Å². The first kappa shape index (κ1) is 24.2. The van der Waals surface area contributed by atoms with Crippen molar-refractivity contribution in [3.63, 3.8) is 0 Å². The van der Waals surface area contributed by atoms with Crippen molar-refractivity contribution in [3.05, 3.63) is 53.6 Å². The average molecular weight is 451 g/mol. The van der Waals surface area contributed by atoms with E-state index < -0.39 is 28.5 Å². The van der Waals surface area contributed by atoms with Crippen LogP contribution in [-0.2, 0) is 26.1 Å². The summed E-state index contributed by atoms with van der Waals surface area (Å²) in [5, 5.41) is 0. The molecule has 0 aliphatic rings. The fourth-order valence-corrected chi connectivity index (χ4v) is 3.58. The van der Waals surface area contributed by atoms with E-state index in [0.29, 0.717) is 13.2 Å². The molecular formula is C21H26N2O7S. The van der Waals surface area contributed by atoms with Crippen molar-refractivity contribution in [3.8, 4) is 11.5 Å². The molecule has 2 rings (SSSR count). The van der Waals surface area contributed by atoms with Gasteiger partial charge in [0.15, 0.2) is 6.61 Å². The van der Waals surface area contributed by atoms with Crippen molar-refractivity contribution in [1.82, 2.24) is 9.62 Å². The molecule has 0 aliphatic carbocycles. The number of rotatable bonds is 10. The molecule has 0 radical (unpaired) electrons. The van der Waals surface area contributed by atoms with E-state index in [0.717, 1.165) is 17.4 Å². The van der Waals surface area contributed by atoms with Gasteiger partial charge in [0.05, 0.1) is 19.3 Å². The zero-order chi connectivity index (χ0) is 23.0. The Hall–Kier alpha value is -3.11. The zero-order valence-electron chi connectivity index (χ0n) is 17.9. The number of amides is 1. The maximum atomic E-state index is 12.3. The first-order valence-electron chi connectivity index (χ1n) is 9.46. The zero-order valence-corrected chi connectivity index (χ0v) is 18.7. The van der Waals surface area contributed by atoms with E-state index in [1.54, 1.807) is 7.05 Å². The Morgan fingerprint density at radius 2 is 1.77 bits per heavy atom. The lowest BCUT2D eigenvalue weighted by molar-refractivity contribution is -0.133. The van der Waals surface area contributed by atoms with Gasteiger partial charge < -0.3 is 19.1 Å². The Morgan fingerprint density at radius 3 is 2.35 bits per heavy atom. The minimum Gasteiger partial charge on any atom is -0.495 e. The number of sulfonamides is 1. The van der Waals surface area contributed by atoms with Crippen LogP contribution in [0, 0.1) is 0 Å². The number of nitrogens with zero attached hydrogens (tertiary/aromatic N) is 1. The van der Waals surface area contributed by atoms with Crippen molar-refractivity contribution in [2.75, 3.05) is 34.4 Å². The molecule has 0 saturated heterocycles. The van der Waals surface area contributed by atoms with E-state index in [1.165, 1.54) is 31.2 Å². The van der Waals surface area contributed by atoms with E-state index in [9.17, 15) is 18.0 Å². The van der Waals surface area contributed by atoms with E-state index in [1.807, 2.05) is 31.2 Å². The van der Waals surface area contributed by atoms with E-state index >= 15 is 0 Å². The Morgan fingerprint density at radius 1 is 1.10 bits per heavy atom. The summed E-state index contributed by atoms with van der Waals surface area (Å²) in [5.74, 6) is -0.401. The number of nitrogens with one attached hydrogen (secondary N) is 1. The molecule has 2 aromatic rings. The highest BCUT2D eigenvalue weighted by atomic mass is 32.2. The van der Waals surface area contributed by atoms with Crippen molar-refractivity contribution in [2.24, 2.45) is 0 Å². The SMILES string of the molecule is CCOc1ccc(CN(C)C(=O)COC(=O)c2ccc(OC)c(S(=O)(=O)NC)c2)cc1. The van der Waals surface area contributed by atoms with Gasteiger partial charge in [0, 0.05) is 13.6 Å². The van der Waals surface area contributed by atoms with Crippen LogP contribution in [0.1, 0.15) is 22.8 Å². The standard InChI is InChI=1S/C21H26N2O7S/c1-5-29-17-9-6-15(7-10-17)13-23(3)20(24)14-30-21(25)16-8-11-18(28-4)19(12-16)31(26,27)22-2/h6-12,22H,5,13-14H2,1-4H3. The number of methoxy groups -OCH3 is 1. The summed E-state index contributed by atoms with van der Waals surface area (Å²) in [4.78, 5) is 25.9. The normalized spacial score (nSPS) is 11.0. The highest BCUT2D eigenvalue weighted by molar-refractivity contribution is 7.89. The molecule has 1 amide bonds. The van der Waals surface area contributed by atoms with Crippen LogP contribution in [0.5, 0.6) is 11.5 Å². The molecule has 10 heteroatoms. The molecule has 0 atom stereocenters. The lowest BCUT2D eigenvalue weighted by atomic mass is 10.2. The smallest absolute Gasteiger partial charge is 0.338 e. The van der Waals surface area contributed by atoms with Gasteiger partial charge in [-0.2, -0.15) is 0 Å². The third-order valence-electron chi connectivity index (χ3n) is 4.36. The highest BCUT2D eigenvalue weighted by Crippen LogP contribution is 2.25. The van der Waals surface area contributed by atoms with E-state index in [2.05, 4.69) is 4.72 Å². The summed E-state index contributed by atoms with van der Waals surface area (Å²) in [6.07, 6.45) is 0. The summed E-state index contributed by atoms with van der Waals surface area (Å²) in [6.45, 7) is 2.32. The number of carbonyl (C=O) groups is 2. The lowest BCUT2D eigenvalue weighted by Crippen LogP contribution is -2.30. The van der Waals surface area contributed by atoms with Gasteiger partial charge >= 0.3 is 5.97 Å². The lowest BCUT2D eigenvalue weighted by Gasteiger charge is -2.17. The number of hydrogen-bond acceptors (Lipinski definition) is 7. The molecule has 0 fully saturated rings. The maximum Gasteiger partial charge on any atom is 0.338 e. The summed E-state index contributed by atoms with van der Waals surface area (Å²) < 4.78 is 41.9. The Balaban J connectivity index is 2.00. The van der Waals surface area contributed by atoms with Gasteiger partial charge in [-0.1, -0.05) is 12.1 Å². The van der Waals surface area contributed by atoms with Crippen LogP contribution < -0.4 is 14.2 Å². The minimum absolute atomic E-state index is 0.0170. The topological polar surface area (TPSA) is 111 Å². The fourth-order valence-electron chi connectivity index (χ4n) is 2.66. The Bertz CT molecular complexity index is 1020. The number of esters is 1. The van der Waals surface area contributed by atoms with Gasteiger partial charge in [0.2, 0.25) is 10.0 Å². The van der Waals surface area contributed by atoms with E-state index in [4.69, 9.17) is 14.2 Å². The number of carbonyl (C=O) groups excluding carboxylic acids is 2. The quantitative estimate of drug-likeness (QED) is 0.550. The Kier molecular flexibility index (Phi) is 8.40. The number of likely N-dealkylation sites (N-methyl/N-ethyl adjacent to an activating group) is 1. The van der Waals surface area contributed by atoms with Crippen LogP contribution in [0.15, 0.2) is 47.4 Å². The van der Waals surface area contributed by atoms with Crippen molar-refractivity contribution < 1.29 is 32.2 Å². The second kappa shape index (κ2) is 10.8. The first-order chi connectivity index (χ1) is 14.7. The van der Waals surface area contributed by atoms with Crippen LogP contribution in [-0.4, -0.2) is 59.6 Å². The highest BCUT2D eigenvalue weighted by Gasteiger charge is 2.21. The molecule has 0 aromatic heterocycles. The molecule has 0 heterocycles. The van der Waals surface area contributed by atoms with Gasteiger partial charge in [0.1, 0.15) is 16.4 Å². The molecule has 0 aliphatic heterocycles. The van der Waals surface area contributed by atoms with Gasteiger partial charge in [-0.15, -0.1) is 0 Å². The maximum absolute atomic E-state index is 12.3. The van der Waals surface area contributed by atoms with Gasteiger partial charge in [-0.25, -0.2) is 17.9 Å². The number of benzene rings is 2. The fraction of sp³-hybridized carbons (Fsp3) is 0.333. The molecule has 168 valence electrons. The summed E-state index contributed by atoms with van der Waals surface area (Å²) in [5.41, 5.74) is 0.874. The minimum atomic E-state index is -3.85. The van der Waals surface area contributed by atoms with Crippen LogP contribution in [0.2, 0.25) is 0 Å². The van der Waals surface area contributed by atoms with E-state index in [-0.39, 0.29) is 16.2 Å². The second-order valence-corrected chi connectivity index (χ2v) is 8.33. The third-order valence-corrected chi connectivity index (χ3v) is 5.80. The van der Waals surface area contributed by atoms with Crippen molar-refractivity contribution in [2.45, 2.75) is 18.4 Å². The third kappa shape index (κ3) is 6.43. The largest absolute Gasteiger partial charge is 0.495 e. The number of hydrogen-bond donors (Lipinski definition) is 1. The predicted octanol–water partition coefficient (Wildman–Crippen LogP) is 1.82. The van der Waals surface area contributed by atoms with Crippen LogP contribution in [0.25, 0.3) is 0 Å². The summed E-state index contributed by atoms with van der Waals surface area (Å²) in [6, 6.07) is 11.2. The molecule has 31 heavy (non-hydrogen) atoms. The molecule has 0 unspecified atom stereocenters. The van der Waals surface area contributed by atoms with Gasteiger partial charge in [-0.05, 0) is 49.9 Å². The van der Waals surface area contributed by atoms with Crippen LogP contribution >= 0.6 is 0 Å². The molecule has 0 bridgehead atoms. The predicted molar refractivity (Wildman–Crippen MR) is 114 cm³/mol. The molecule has 9 nitrogen and oxygen atoms in total.